The van der Waals surface area contributed by atoms with E-state index in [-0.39, 0.29) is 30.3 Å². The van der Waals surface area contributed by atoms with E-state index in [9.17, 15) is 22.8 Å². The number of amides is 2. The topological polar surface area (TPSA) is 88.4 Å². The number of thioether (sulfide) groups is 1. The van der Waals surface area contributed by atoms with Gasteiger partial charge in [0.1, 0.15) is 0 Å². The van der Waals surface area contributed by atoms with Gasteiger partial charge in [0.25, 0.3) is 0 Å². The van der Waals surface area contributed by atoms with Crippen molar-refractivity contribution in [1.82, 2.24) is 19.9 Å². The number of pyridine rings is 1. The Bertz CT molecular complexity index is 1100. The fraction of sp³-hybridized carbons (Fsp3) is 0.222. The molecule has 4 rings (SSSR count). The molecule has 2 aromatic heterocycles. The number of nitrogens with one attached hydrogen (secondary N) is 2. The standard InChI is InChI=1S/C18H14F3N5O2S/c19-18(20,21)10-5-6-14-24-25-15(26(14)9-10)8-22-16(27)7-13-17(28)23-11-3-1-2-4-12(11)29-13/h1-6,9,13H,7-8H2,(H,22,27)(H,23,28)/t13-/m1/s1. The third kappa shape index (κ3) is 4.04. The van der Waals surface area contributed by atoms with Crippen LogP contribution in [-0.4, -0.2) is 31.7 Å². The Balaban J connectivity index is 1.42. The van der Waals surface area contributed by atoms with Gasteiger partial charge in [0.2, 0.25) is 11.8 Å². The lowest BCUT2D eigenvalue weighted by atomic mass is 10.2. The lowest BCUT2D eigenvalue weighted by molar-refractivity contribution is -0.137. The molecule has 3 heterocycles. The van der Waals surface area contributed by atoms with Crippen LogP contribution < -0.4 is 10.6 Å². The molecule has 1 aromatic carbocycles. The number of benzene rings is 1. The quantitative estimate of drug-likeness (QED) is 0.676. The average Bonchev–Trinajstić information content (AvgIpc) is 3.08. The number of para-hydroxylation sites is 1. The number of rotatable bonds is 4. The zero-order chi connectivity index (χ0) is 20.6. The first kappa shape index (κ1) is 19.2. The molecule has 29 heavy (non-hydrogen) atoms. The molecule has 1 aliphatic rings. The molecule has 11 heteroatoms. The summed E-state index contributed by atoms with van der Waals surface area (Å²) in [6.45, 7) is -0.114. The number of carbonyl (C=O) groups excluding carboxylic acids is 2. The smallest absolute Gasteiger partial charge is 0.349 e. The molecule has 150 valence electrons. The van der Waals surface area contributed by atoms with Crippen LogP contribution in [0.5, 0.6) is 0 Å². The van der Waals surface area contributed by atoms with Crippen molar-refractivity contribution in [3.05, 3.63) is 54.0 Å². The number of alkyl halides is 3. The van der Waals surface area contributed by atoms with Gasteiger partial charge >= 0.3 is 6.18 Å². The summed E-state index contributed by atoms with van der Waals surface area (Å²) in [6, 6.07) is 9.41. The second-order valence-corrected chi connectivity index (χ2v) is 7.58. The minimum Gasteiger partial charge on any atom is -0.349 e. The van der Waals surface area contributed by atoms with Crippen LogP contribution in [-0.2, 0) is 22.3 Å². The van der Waals surface area contributed by atoms with Crippen LogP contribution in [0.25, 0.3) is 5.65 Å². The van der Waals surface area contributed by atoms with E-state index in [2.05, 4.69) is 20.8 Å². The monoisotopic (exact) mass is 421 g/mol. The molecule has 0 spiro atoms. The number of aromatic nitrogens is 3. The van der Waals surface area contributed by atoms with E-state index in [0.29, 0.717) is 5.69 Å². The Morgan fingerprint density at radius 3 is 2.79 bits per heavy atom. The zero-order valence-electron chi connectivity index (χ0n) is 14.7. The predicted molar refractivity (Wildman–Crippen MR) is 99.2 cm³/mol. The molecule has 0 fully saturated rings. The molecule has 2 N–H and O–H groups in total. The molecule has 0 saturated heterocycles. The van der Waals surface area contributed by atoms with Gasteiger partial charge < -0.3 is 10.6 Å². The minimum absolute atomic E-state index is 0.0740. The molecule has 1 aliphatic heterocycles. The lowest BCUT2D eigenvalue weighted by Crippen LogP contribution is -2.34. The number of carbonyl (C=O) groups is 2. The van der Waals surface area contributed by atoms with Crippen molar-refractivity contribution in [2.45, 2.75) is 29.3 Å². The zero-order valence-corrected chi connectivity index (χ0v) is 15.5. The molecular formula is C18H14F3N5O2S. The molecule has 0 radical (unpaired) electrons. The summed E-state index contributed by atoms with van der Waals surface area (Å²) in [5.41, 5.74) is 0.0990. The molecule has 0 bridgehead atoms. The first-order valence-corrected chi connectivity index (χ1v) is 9.43. The van der Waals surface area contributed by atoms with Crippen molar-refractivity contribution in [3.63, 3.8) is 0 Å². The van der Waals surface area contributed by atoms with Gasteiger partial charge in [-0.05, 0) is 24.3 Å². The molecule has 2 amide bonds. The first-order valence-electron chi connectivity index (χ1n) is 8.55. The SMILES string of the molecule is O=C(C[C@H]1Sc2ccccc2NC1=O)NCc1nnc2ccc(C(F)(F)F)cn12. The van der Waals surface area contributed by atoms with Crippen LogP contribution >= 0.6 is 11.8 Å². The Morgan fingerprint density at radius 1 is 1.21 bits per heavy atom. The highest BCUT2D eigenvalue weighted by atomic mass is 32.2. The van der Waals surface area contributed by atoms with Gasteiger partial charge in [-0.25, -0.2) is 0 Å². The van der Waals surface area contributed by atoms with Crippen molar-refractivity contribution in [3.8, 4) is 0 Å². The molecule has 7 nitrogen and oxygen atoms in total. The van der Waals surface area contributed by atoms with E-state index in [1.165, 1.54) is 22.2 Å². The fourth-order valence-electron chi connectivity index (χ4n) is 2.87. The summed E-state index contributed by atoms with van der Waals surface area (Å²) in [5, 5.41) is 12.4. The Morgan fingerprint density at radius 2 is 2.00 bits per heavy atom. The molecule has 0 saturated carbocycles. The van der Waals surface area contributed by atoms with Gasteiger partial charge in [-0.1, -0.05) is 12.1 Å². The largest absolute Gasteiger partial charge is 0.417 e. The Labute approximate surface area is 166 Å². The third-order valence-corrected chi connectivity index (χ3v) is 5.60. The van der Waals surface area contributed by atoms with E-state index in [1.54, 1.807) is 12.1 Å². The Hall–Kier alpha value is -3.08. The van der Waals surface area contributed by atoms with Gasteiger partial charge in [0.05, 0.1) is 23.0 Å². The van der Waals surface area contributed by atoms with Gasteiger partial charge in [-0.2, -0.15) is 13.2 Å². The molecule has 1 atom stereocenters. The second kappa shape index (κ2) is 7.39. The van der Waals surface area contributed by atoms with Gasteiger partial charge in [0, 0.05) is 17.5 Å². The number of hydrogen-bond donors (Lipinski definition) is 2. The molecule has 3 aromatic rings. The number of nitrogens with zero attached hydrogens (tertiary/aromatic N) is 3. The predicted octanol–water partition coefficient (Wildman–Crippen LogP) is 2.87. The van der Waals surface area contributed by atoms with Crippen LogP contribution in [0.3, 0.4) is 0 Å². The maximum absolute atomic E-state index is 12.9. The van der Waals surface area contributed by atoms with Crippen molar-refractivity contribution in [2.75, 3.05) is 5.32 Å². The highest BCUT2D eigenvalue weighted by Gasteiger charge is 2.31. The van der Waals surface area contributed by atoms with E-state index in [1.807, 2.05) is 12.1 Å². The summed E-state index contributed by atoms with van der Waals surface area (Å²) < 4.78 is 39.9. The van der Waals surface area contributed by atoms with Crippen LogP contribution in [0.1, 0.15) is 17.8 Å². The van der Waals surface area contributed by atoms with Crippen LogP contribution in [0.15, 0.2) is 47.5 Å². The van der Waals surface area contributed by atoms with Crippen LogP contribution in [0, 0.1) is 0 Å². The van der Waals surface area contributed by atoms with Crippen molar-refractivity contribution < 1.29 is 22.8 Å². The number of fused-ring (bicyclic) bond motifs is 2. The van der Waals surface area contributed by atoms with E-state index < -0.39 is 22.9 Å². The summed E-state index contributed by atoms with van der Waals surface area (Å²) in [6.07, 6.45) is -3.69. The summed E-state index contributed by atoms with van der Waals surface area (Å²) >= 11 is 1.29. The third-order valence-electron chi connectivity index (χ3n) is 4.32. The lowest BCUT2D eigenvalue weighted by Gasteiger charge is -2.23. The summed E-state index contributed by atoms with van der Waals surface area (Å²) in [4.78, 5) is 25.3. The highest BCUT2D eigenvalue weighted by Crippen LogP contribution is 2.36. The summed E-state index contributed by atoms with van der Waals surface area (Å²) in [7, 11) is 0. The molecular weight excluding hydrogens is 407 g/mol. The first-order chi connectivity index (χ1) is 13.8. The normalized spacial score (nSPS) is 16.4. The molecule has 0 aliphatic carbocycles. The minimum atomic E-state index is -4.50. The van der Waals surface area contributed by atoms with Crippen molar-refractivity contribution in [2.24, 2.45) is 0 Å². The highest BCUT2D eigenvalue weighted by molar-refractivity contribution is 8.01. The Kier molecular flexibility index (Phi) is 4.91. The van der Waals surface area contributed by atoms with Crippen molar-refractivity contribution >= 4 is 34.9 Å². The summed E-state index contributed by atoms with van der Waals surface area (Å²) in [5.74, 6) is -0.530. The van der Waals surface area contributed by atoms with Gasteiger partial charge in [0.15, 0.2) is 11.5 Å². The van der Waals surface area contributed by atoms with Crippen molar-refractivity contribution in [1.29, 1.82) is 0 Å². The van der Waals surface area contributed by atoms with E-state index in [4.69, 9.17) is 0 Å². The maximum atomic E-state index is 12.9. The average molecular weight is 421 g/mol. The fourth-order valence-corrected chi connectivity index (χ4v) is 3.98. The second-order valence-electron chi connectivity index (χ2n) is 6.33. The number of halogens is 3. The van der Waals surface area contributed by atoms with E-state index >= 15 is 0 Å². The molecule has 0 unspecified atom stereocenters. The maximum Gasteiger partial charge on any atom is 0.417 e. The van der Waals surface area contributed by atoms with Crippen LogP contribution in [0.2, 0.25) is 0 Å². The van der Waals surface area contributed by atoms with E-state index in [0.717, 1.165) is 17.2 Å². The van der Waals surface area contributed by atoms with Crippen LogP contribution in [0.4, 0.5) is 18.9 Å². The van der Waals surface area contributed by atoms with Gasteiger partial charge in [-0.15, -0.1) is 22.0 Å². The number of anilines is 1. The number of hydrogen-bond acceptors (Lipinski definition) is 5. The van der Waals surface area contributed by atoms with Gasteiger partial charge in [-0.3, -0.25) is 14.0 Å².